The molecule has 0 N–H and O–H groups in total. The van der Waals surface area contributed by atoms with Gasteiger partial charge in [-0.2, -0.15) is 0 Å². The zero-order valence-corrected chi connectivity index (χ0v) is 12.6. The van der Waals surface area contributed by atoms with Crippen LogP contribution in [0.3, 0.4) is 0 Å². The third kappa shape index (κ3) is 1.90. The predicted octanol–water partition coefficient (Wildman–Crippen LogP) is 2.80. The fourth-order valence-corrected chi connectivity index (χ4v) is 4.38. The van der Waals surface area contributed by atoms with Gasteiger partial charge in [0.05, 0.1) is 5.41 Å². The van der Waals surface area contributed by atoms with Crippen LogP contribution in [0, 0.1) is 11.3 Å². The Bertz CT molecular complexity index is 436. The number of nitrogens with zero attached hydrogens (tertiary/aromatic N) is 2. The Morgan fingerprint density at radius 1 is 1.40 bits per heavy atom. The van der Waals surface area contributed by atoms with Gasteiger partial charge in [0.2, 0.25) is 5.91 Å². The lowest BCUT2D eigenvalue weighted by Gasteiger charge is -2.39. The number of amides is 1. The van der Waals surface area contributed by atoms with E-state index in [1.54, 1.807) is 0 Å². The quantitative estimate of drug-likeness (QED) is 0.739. The molecule has 0 unspecified atom stereocenters. The molecule has 0 saturated carbocycles. The zero-order valence-electron chi connectivity index (χ0n) is 12.6. The van der Waals surface area contributed by atoms with Gasteiger partial charge in [-0.05, 0) is 38.0 Å². The number of piperidine rings is 1. The van der Waals surface area contributed by atoms with Crippen LogP contribution >= 0.6 is 0 Å². The van der Waals surface area contributed by atoms with Crippen molar-refractivity contribution < 1.29 is 4.79 Å². The van der Waals surface area contributed by atoms with Crippen molar-refractivity contribution in [3.8, 4) is 0 Å². The third-order valence-corrected chi connectivity index (χ3v) is 5.38. The maximum atomic E-state index is 13.0. The molecule has 2 heterocycles. The predicted molar refractivity (Wildman–Crippen MR) is 81.1 cm³/mol. The van der Waals surface area contributed by atoms with Gasteiger partial charge in [0.15, 0.2) is 0 Å². The summed E-state index contributed by atoms with van der Waals surface area (Å²) in [6.45, 7) is 9.89. The molecule has 0 radical (unpaired) electrons. The van der Waals surface area contributed by atoms with Crippen LogP contribution in [0.25, 0.3) is 0 Å². The second-order valence-corrected chi connectivity index (χ2v) is 6.55. The lowest BCUT2D eigenvalue weighted by molar-refractivity contribution is -0.135. The average Bonchev–Trinajstić information content (AvgIpc) is 3.01. The van der Waals surface area contributed by atoms with Gasteiger partial charge in [-0.15, -0.1) is 6.58 Å². The zero-order chi connectivity index (χ0) is 14.2. The Labute approximate surface area is 122 Å². The molecular weight excluding hydrogens is 248 g/mol. The van der Waals surface area contributed by atoms with Gasteiger partial charge in [0.1, 0.15) is 0 Å². The molecule has 2 atom stereocenters. The molecule has 3 rings (SSSR count). The van der Waals surface area contributed by atoms with E-state index < -0.39 is 0 Å². The molecule has 2 aliphatic heterocycles. The summed E-state index contributed by atoms with van der Waals surface area (Å²) < 4.78 is 0. The molecular formula is C17H26N2O. The Kier molecular flexibility index (Phi) is 3.61. The highest BCUT2D eigenvalue weighted by Crippen LogP contribution is 2.52. The first-order valence-corrected chi connectivity index (χ1v) is 8.06. The van der Waals surface area contributed by atoms with E-state index in [-0.39, 0.29) is 5.41 Å². The van der Waals surface area contributed by atoms with Crippen molar-refractivity contribution in [3.05, 3.63) is 24.4 Å². The van der Waals surface area contributed by atoms with Gasteiger partial charge in [-0.1, -0.05) is 19.1 Å². The van der Waals surface area contributed by atoms with Crippen molar-refractivity contribution in [1.29, 1.82) is 0 Å². The first-order valence-electron chi connectivity index (χ1n) is 8.06. The summed E-state index contributed by atoms with van der Waals surface area (Å²) in [5.41, 5.74) is 1.13. The summed E-state index contributed by atoms with van der Waals surface area (Å²) in [5.74, 6) is 0.768. The lowest BCUT2D eigenvalue weighted by atomic mass is 9.75. The molecule has 20 heavy (non-hydrogen) atoms. The second kappa shape index (κ2) is 5.27. The van der Waals surface area contributed by atoms with E-state index in [9.17, 15) is 4.79 Å². The van der Waals surface area contributed by atoms with Gasteiger partial charge in [0.25, 0.3) is 0 Å². The highest BCUT2D eigenvalue weighted by atomic mass is 16.2. The van der Waals surface area contributed by atoms with Crippen molar-refractivity contribution in [2.45, 2.75) is 39.0 Å². The molecule has 0 aromatic carbocycles. The number of likely N-dealkylation sites (tertiary alicyclic amines) is 2. The minimum absolute atomic E-state index is 0.222. The summed E-state index contributed by atoms with van der Waals surface area (Å²) in [6, 6.07) is 0. The largest absolute Gasteiger partial charge is 0.374 e. The van der Waals surface area contributed by atoms with E-state index in [4.69, 9.17) is 0 Å². The van der Waals surface area contributed by atoms with Crippen molar-refractivity contribution in [1.82, 2.24) is 9.80 Å². The van der Waals surface area contributed by atoms with Crippen molar-refractivity contribution >= 4 is 5.91 Å². The standard InChI is InChI=1S/C17H26N2O/c1-3-10-19-13-14(2)17(16(19)20)9-7-8-15(17)18-11-5-4-6-12-18/h3,8,14H,1,4-7,9-13H2,2H3/t14-,17+/m0/s1. The smallest absolute Gasteiger partial charge is 0.235 e. The normalized spacial score (nSPS) is 34.0. The van der Waals surface area contributed by atoms with Crippen LogP contribution in [-0.4, -0.2) is 41.9 Å². The molecule has 0 aromatic heterocycles. The number of carbonyl (C=O) groups is 1. The monoisotopic (exact) mass is 274 g/mol. The third-order valence-electron chi connectivity index (χ3n) is 5.38. The summed E-state index contributed by atoms with van der Waals surface area (Å²) in [4.78, 5) is 17.5. The summed E-state index contributed by atoms with van der Waals surface area (Å²) in [5, 5.41) is 0. The Balaban J connectivity index is 1.88. The SMILES string of the molecule is C=CCN1C[C@H](C)[C@@]2(CCC=C2N2CCCCC2)C1=O. The number of hydrogen-bond acceptors (Lipinski definition) is 2. The number of carbonyl (C=O) groups excluding carboxylic acids is 1. The van der Waals surface area contributed by atoms with Crippen molar-refractivity contribution in [2.75, 3.05) is 26.2 Å². The molecule has 110 valence electrons. The molecule has 3 heteroatoms. The van der Waals surface area contributed by atoms with E-state index >= 15 is 0 Å². The number of hydrogen-bond donors (Lipinski definition) is 0. The molecule has 1 amide bonds. The van der Waals surface area contributed by atoms with Gasteiger partial charge in [-0.25, -0.2) is 0 Å². The van der Waals surface area contributed by atoms with Gasteiger partial charge >= 0.3 is 0 Å². The Hall–Kier alpha value is -1.25. The molecule has 0 bridgehead atoms. The Morgan fingerprint density at radius 2 is 2.15 bits per heavy atom. The maximum Gasteiger partial charge on any atom is 0.235 e. The minimum Gasteiger partial charge on any atom is -0.374 e. The van der Waals surface area contributed by atoms with Crippen LogP contribution in [0.5, 0.6) is 0 Å². The van der Waals surface area contributed by atoms with Gasteiger partial charge in [-0.3, -0.25) is 4.79 Å². The van der Waals surface area contributed by atoms with Crippen LogP contribution in [0.4, 0.5) is 0 Å². The highest BCUT2D eigenvalue weighted by Gasteiger charge is 2.56. The average molecular weight is 274 g/mol. The fourth-order valence-electron chi connectivity index (χ4n) is 4.38. The lowest BCUT2D eigenvalue weighted by Crippen LogP contribution is -2.43. The van der Waals surface area contributed by atoms with E-state index in [2.05, 4.69) is 24.5 Å². The van der Waals surface area contributed by atoms with E-state index in [1.165, 1.54) is 25.0 Å². The van der Waals surface area contributed by atoms with Crippen molar-refractivity contribution in [2.24, 2.45) is 11.3 Å². The van der Waals surface area contributed by atoms with Gasteiger partial charge < -0.3 is 9.80 Å². The minimum atomic E-state index is -0.222. The molecule has 3 nitrogen and oxygen atoms in total. The van der Waals surface area contributed by atoms with Gasteiger partial charge in [0, 0.05) is 31.9 Å². The highest BCUT2D eigenvalue weighted by molar-refractivity contribution is 5.89. The van der Waals surface area contributed by atoms with Crippen LogP contribution in [0.2, 0.25) is 0 Å². The number of rotatable bonds is 3. The molecule has 1 spiro atoms. The molecule has 3 aliphatic rings. The fraction of sp³-hybridized carbons (Fsp3) is 0.706. The Morgan fingerprint density at radius 3 is 2.85 bits per heavy atom. The molecule has 1 aliphatic carbocycles. The first-order chi connectivity index (χ1) is 9.70. The topological polar surface area (TPSA) is 23.6 Å². The summed E-state index contributed by atoms with van der Waals surface area (Å²) in [6.07, 6.45) is 10.1. The van der Waals surface area contributed by atoms with Crippen LogP contribution < -0.4 is 0 Å². The van der Waals surface area contributed by atoms with Crippen LogP contribution in [-0.2, 0) is 4.79 Å². The van der Waals surface area contributed by atoms with E-state index in [1.807, 2.05) is 11.0 Å². The molecule has 0 aromatic rings. The molecule has 2 saturated heterocycles. The first kappa shape index (κ1) is 13.7. The maximum absolute atomic E-state index is 13.0. The van der Waals surface area contributed by atoms with E-state index in [0.29, 0.717) is 18.4 Å². The van der Waals surface area contributed by atoms with Crippen molar-refractivity contribution in [3.63, 3.8) is 0 Å². The summed E-state index contributed by atoms with van der Waals surface area (Å²) >= 11 is 0. The number of allylic oxidation sites excluding steroid dienone is 1. The van der Waals surface area contributed by atoms with E-state index in [0.717, 1.165) is 32.5 Å². The summed E-state index contributed by atoms with van der Waals surface area (Å²) in [7, 11) is 0. The molecule has 2 fully saturated rings. The van der Waals surface area contributed by atoms with Crippen LogP contribution in [0.1, 0.15) is 39.0 Å². The second-order valence-electron chi connectivity index (χ2n) is 6.55. The van der Waals surface area contributed by atoms with Crippen LogP contribution in [0.15, 0.2) is 24.4 Å².